The third-order valence-corrected chi connectivity index (χ3v) is 4.54. The minimum absolute atomic E-state index is 0.0175. The van der Waals surface area contributed by atoms with Crippen LogP contribution >= 0.6 is 0 Å². The maximum Gasteiger partial charge on any atom is 0.273 e. The van der Waals surface area contributed by atoms with Crippen LogP contribution in [0.1, 0.15) is 39.5 Å². The molecule has 0 saturated carbocycles. The highest BCUT2D eigenvalue weighted by Crippen LogP contribution is 2.35. The number of hydrogen-bond acceptors (Lipinski definition) is 3. The Morgan fingerprint density at radius 3 is 2.74 bits per heavy atom. The van der Waals surface area contributed by atoms with Crippen LogP contribution in [0.4, 0.5) is 5.69 Å². The van der Waals surface area contributed by atoms with Crippen LogP contribution in [0.5, 0.6) is 0 Å². The third-order valence-electron chi connectivity index (χ3n) is 4.54. The van der Waals surface area contributed by atoms with Gasteiger partial charge in [-0.25, -0.2) is 0 Å². The molecule has 1 amide bonds. The summed E-state index contributed by atoms with van der Waals surface area (Å²) in [5.41, 5.74) is 3.34. The fourth-order valence-electron chi connectivity index (χ4n) is 3.22. The normalized spacial score (nSPS) is 16.0. The van der Waals surface area contributed by atoms with Gasteiger partial charge in [0.2, 0.25) is 0 Å². The molecule has 5 nitrogen and oxygen atoms in total. The molecule has 0 aliphatic heterocycles. The molecule has 1 aliphatic carbocycles. The number of aryl methyl sites for hydroxylation is 2. The molecule has 0 heterocycles. The lowest BCUT2D eigenvalue weighted by atomic mass is 10.1. The number of hydrogen-bond donors (Lipinski definition) is 0. The van der Waals surface area contributed by atoms with E-state index in [1.54, 1.807) is 31.0 Å². The number of nitrogens with zero attached hydrogens (tertiary/aromatic N) is 2. The molecule has 0 radical (unpaired) electrons. The number of nitro benzene ring substituents is 1. The number of fused-ring (bicyclic) bond motifs is 1. The average Bonchev–Trinajstić information content (AvgIpc) is 2.97. The molecule has 3 rings (SSSR count). The first-order valence-corrected chi connectivity index (χ1v) is 7.59. The summed E-state index contributed by atoms with van der Waals surface area (Å²) in [5, 5.41) is 11.1. The fraction of sp³-hybridized carbons (Fsp3) is 0.278. The molecule has 0 spiro atoms. The molecule has 0 saturated heterocycles. The first kappa shape index (κ1) is 15.2. The second-order valence-corrected chi connectivity index (χ2v) is 5.93. The van der Waals surface area contributed by atoms with E-state index in [1.807, 2.05) is 18.2 Å². The zero-order chi connectivity index (χ0) is 16.6. The quantitative estimate of drug-likeness (QED) is 0.642. The maximum absolute atomic E-state index is 12.7. The number of nitro groups is 1. The first-order chi connectivity index (χ1) is 11.0. The largest absolute Gasteiger partial charge is 0.335 e. The van der Waals surface area contributed by atoms with Gasteiger partial charge in [0.05, 0.1) is 11.0 Å². The summed E-state index contributed by atoms with van der Waals surface area (Å²) in [6.45, 7) is 1.67. The number of carbonyl (C=O) groups excluding carboxylic acids is 1. The molecule has 2 aromatic rings. The van der Waals surface area contributed by atoms with E-state index >= 15 is 0 Å². The van der Waals surface area contributed by atoms with Gasteiger partial charge < -0.3 is 4.90 Å². The zero-order valence-electron chi connectivity index (χ0n) is 13.2. The monoisotopic (exact) mass is 310 g/mol. The lowest BCUT2D eigenvalue weighted by Crippen LogP contribution is -2.30. The lowest BCUT2D eigenvalue weighted by Gasteiger charge is -2.25. The van der Waals surface area contributed by atoms with Crippen LogP contribution in [0.2, 0.25) is 0 Å². The Bertz CT molecular complexity index is 786. The molecule has 0 aromatic heterocycles. The predicted molar refractivity (Wildman–Crippen MR) is 87.4 cm³/mol. The summed E-state index contributed by atoms with van der Waals surface area (Å²) in [6.07, 6.45) is 1.84. The van der Waals surface area contributed by atoms with Crippen molar-refractivity contribution < 1.29 is 9.72 Å². The van der Waals surface area contributed by atoms with E-state index in [2.05, 4.69) is 6.07 Å². The third kappa shape index (κ3) is 2.70. The minimum atomic E-state index is -0.447. The van der Waals surface area contributed by atoms with E-state index in [0.29, 0.717) is 11.1 Å². The molecular weight excluding hydrogens is 292 g/mol. The highest BCUT2D eigenvalue weighted by atomic mass is 16.6. The van der Waals surface area contributed by atoms with Crippen molar-refractivity contribution in [3.8, 4) is 0 Å². The van der Waals surface area contributed by atoms with E-state index in [4.69, 9.17) is 0 Å². The van der Waals surface area contributed by atoms with Crippen LogP contribution in [0, 0.1) is 17.0 Å². The van der Waals surface area contributed by atoms with Crippen LogP contribution in [-0.2, 0) is 6.42 Å². The summed E-state index contributed by atoms with van der Waals surface area (Å²) in [4.78, 5) is 25.0. The second kappa shape index (κ2) is 5.83. The topological polar surface area (TPSA) is 63.5 Å². The van der Waals surface area contributed by atoms with Gasteiger partial charge in [-0.1, -0.05) is 30.3 Å². The van der Waals surface area contributed by atoms with Crippen molar-refractivity contribution in [2.45, 2.75) is 25.8 Å². The molecule has 118 valence electrons. The highest BCUT2D eigenvalue weighted by molar-refractivity contribution is 5.95. The van der Waals surface area contributed by atoms with Gasteiger partial charge in [0.15, 0.2) is 0 Å². The van der Waals surface area contributed by atoms with Crippen molar-refractivity contribution in [2.75, 3.05) is 7.05 Å². The molecule has 0 fully saturated rings. The standard InChI is InChI=1S/C18H18N2O3/c1-12-7-8-14(11-17(12)20(22)23)18(21)19(2)16-10-9-13-5-3-4-6-15(13)16/h3-8,11,16H,9-10H2,1-2H3. The summed E-state index contributed by atoms with van der Waals surface area (Å²) < 4.78 is 0. The van der Waals surface area contributed by atoms with Gasteiger partial charge in [-0.05, 0) is 37.0 Å². The Labute approximate surface area is 134 Å². The molecule has 0 bridgehead atoms. The molecule has 1 atom stereocenters. The van der Waals surface area contributed by atoms with Gasteiger partial charge in [0.1, 0.15) is 0 Å². The number of benzene rings is 2. The lowest BCUT2D eigenvalue weighted by molar-refractivity contribution is -0.385. The molecule has 1 aliphatic rings. The zero-order valence-corrected chi connectivity index (χ0v) is 13.2. The first-order valence-electron chi connectivity index (χ1n) is 7.59. The van der Waals surface area contributed by atoms with Crippen LogP contribution in [0.15, 0.2) is 42.5 Å². The van der Waals surface area contributed by atoms with Gasteiger partial charge in [-0.15, -0.1) is 0 Å². The van der Waals surface area contributed by atoms with Gasteiger partial charge in [0.25, 0.3) is 11.6 Å². The van der Waals surface area contributed by atoms with E-state index in [1.165, 1.54) is 17.2 Å². The van der Waals surface area contributed by atoms with Gasteiger partial charge in [-0.3, -0.25) is 14.9 Å². The fourth-order valence-corrected chi connectivity index (χ4v) is 3.22. The van der Waals surface area contributed by atoms with Crippen molar-refractivity contribution in [1.82, 2.24) is 4.90 Å². The Balaban J connectivity index is 1.89. The smallest absolute Gasteiger partial charge is 0.273 e. The van der Waals surface area contributed by atoms with Crippen LogP contribution in [0.25, 0.3) is 0 Å². The number of carbonyl (C=O) groups is 1. The van der Waals surface area contributed by atoms with Gasteiger partial charge in [0, 0.05) is 24.2 Å². The van der Waals surface area contributed by atoms with E-state index < -0.39 is 4.92 Å². The van der Waals surface area contributed by atoms with E-state index in [9.17, 15) is 14.9 Å². The molecule has 0 N–H and O–H groups in total. The van der Waals surface area contributed by atoms with Crippen molar-refractivity contribution in [1.29, 1.82) is 0 Å². The summed E-state index contributed by atoms with van der Waals surface area (Å²) >= 11 is 0. The second-order valence-electron chi connectivity index (χ2n) is 5.93. The van der Waals surface area contributed by atoms with Gasteiger partial charge in [-0.2, -0.15) is 0 Å². The Kier molecular flexibility index (Phi) is 3.86. The average molecular weight is 310 g/mol. The van der Waals surface area contributed by atoms with Crippen LogP contribution in [-0.4, -0.2) is 22.8 Å². The summed E-state index contributed by atoms with van der Waals surface area (Å²) in [5.74, 6) is -0.185. The van der Waals surface area contributed by atoms with E-state index in [0.717, 1.165) is 12.8 Å². The Hall–Kier alpha value is -2.69. The molecule has 1 unspecified atom stereocenters. The van der Waals surface area contributed by atoms with E-state index in [-0.39, 0.29) is 17.6 Å². The van der Waals surface area contributed by atoms with Crippen LogP contribution in [0.3, 0.4) is 0 Å². The molecule has 5 heteroatoms. The SMILES string of the molecule is Cc1ccc(C(=O)N(C)C2CCc3ccccc32)cc1[N+](=O)[O-]. The Morgan fingerprint density at radius 2 is 2.00 bits per heavy atom. The molecule has 23 heavy (non-hydrogen) atoms. The summed E-state index contributed by atoms with van der Waals surface area (Å²) in [6, 6.07) is 12.8. The predicted octanol–water partition coefficient (Wildman–Crippen LogP) is 3.66. The van der Waals surface area contributed by atoms with Gasteiger partial charge >= 0.3 is 0 Å². The van der Waals surface area contributed by atoms with Crippen molar-refractivity contribution >= 4 is 11.6 Å². The maximum atomic E-state index is 12.7. The summed E-state index contributed by atoms with van der Waals surface area (Å²) in [7, 11) is 1.76. The number of rotatable bonds is 3. The van der Waals surface area contributed by atoms with Crippen LogP contribution < -0.4 is 0 Å². The molecular formula is C18H18N2O3. The molecule has 2 aromatic carbocycles. The number of amides is 1. The minimum Gasteiger partial charge on any atom is -0.335 e. The highest BCUT2D eigenvalue weighted by Gasteiger charge is 2.29. The Morgan fingerprint density at radius 1 is 1.26 bits per heavy atom. The van der Waals surface area contributed by atoms with Crippen molar-refractivity contribution in [3.05, 3.63) is 74.8 Å². The van der Waals surface area contributed by atoms with Crippen molar-refractivity contribution in [3.63, 3.8) is 0 Å². The van der Waals surface area contributed by atoms with Crippen molar-refractivity contribution in [2.24, 2.45) is 0 Å².